The van der Waals surface area contributed by atoms with Crippen molar-refractivity contribution in [2.75, 3.05) is 14.2 Å². The zero-order valence-corrected chi connectivity index (χ0v) is 19.8. The third-order valence-electron chi connectivity index (χ3n) is 5.70. The highest BCUT2D eigenvalue weighted by Crippen LogP contribution is 2.35. The van der Waals surface area contributed by atoms with Crippen molar-refractivity contribution in [3.8, 4) is 28.4 Å². The molecule has 7 nitrogen and oxygen atoms in total. The molecule has 2 heterocycles. The molecule has 0 atom stereocenters. The maximum Gasteiger partial charge on any atom is 0.379 e. The monoisotopic (exact) mass is 490 g/mol. The van der Waals surface area contributed by atoms with Crippen LogP contribution in [0.4, 0.5) is 0 Å². The number of hydrogen-bond donors (Lipinski definition) is 0. The Balaban J connectivity index is 1.49. The molecule has 0 amide bonds. The summed E-state index contributed by atoms with van der Waals surface area (Å²) in [6.07, 6.45) is 0. The lowest BCUT2D eigenvalue weighted by molar-refractivity contribution is 0.0704. The van der Waals surface area contributed by atoms with Crippen LogP contribution in [0.3, 0.4) is 0 Å². The van der Waals surface area contributed by atoms with Crippen LogP contribution < -0.4 is 19.8 Å². The van der Waals surface area contributed by atoms with Gasteiger partial charge >= 0.3 is 11.6 Å². The SMILES string of the molecule is COc1ccc(-c2c(C)c3ccc(OC(=O)c4cc5cc(Cl)ccc5o4)cc3oc2=O)cc1OC. The van der Waals surface area contributed by atoms with Crippen molar-refractivity contribution in [3.63, 3.8) is 0 Å². The fourth-order valence-corrected chi connectivity index (χ4v) is 4.18. The molecular weight excluding hydrogens is 472 g/mol. The van der Waals surface area contributed by atoms with Gasteiger partial charge < -0.3 is 23.0 Å². The first-order chi connectivity index (χ1) is 16.9. The quantitative estimate of drug-likeness (QED) is 0.160. The number of methoxy groups -OCH3 is 2. The fourth-order valence-electron chi connectivity index (χ4n) is 4.00. The van der Waals surface area contributed by atoms with E-state index in [-0.39, 0.29) is 11.5 Å². The lowest BCUT2D eigenvalue weighted by Crippen LogP contribution is -2.08. The molecule has 2 aromatic heterocycles. The van der Waals surface area contributed by atoms with Crippen LogP contribution in [0.25, 0.3) is 33.1 Å². The van der Waals surface area contributed by atoms with Gasteiger partial charge in [0.2, 0.25) is 5.76 Å². The highest BCUT2D eigenvalue weighted by Gasteiger charge is 2.18. The molecule has 5 aromatic rings. The maximum atomic E-state index is 12.9. The molecule has 0 bridgehead atoms. The Bertz CT molecular complexity index is 1660. The largest absolute Gasteiger partial charge is 0.493 e. The van der Waals surface area contributed by atoms with Gasteiger partial charge in [-0.1, -0.05) is 17.7 Å². The third kappa shape index (κ3) is 4.11. The number of furan rings is 1. The number of esters is 1. The summed E-state index contributed by atoms with van der Waals surface area (Å²) >= 11 is 5.99. The minimum atomic E-state index is -0.683. The Morgan fingerprint density at radius 1 is 0.857 bits per heavy atom. The number of ether oxygens (including phenoxy) is 3. The van der Waals surface area contributed by atoms with E-state index in [1.54, 1.807) is 61.7 Å². The van der Waals surface area contributed by atoms with E-state index in [1.807, 2.05) is 6.92 Å². The van der Waals surface area contributed by atoms with Gasteiger partial charge in [-0.25, -0.2) is 9.59 Å². The fraction of sp³-hybridized carbons (Fsp3) is 0.111. The van der Waals surface area contributed by atoms with E-state index in [4.69, 9.17) is 34.6 Å². The molecule has 0 saturated heterocycles. The van der Waals surface area contributed by atoms with Crippen molar-refractivity contribution in [3.05, 3.63) is 87.4 Å². The predicted octanol–water partition coefficient (Wildman–Crippen LogP) is 6.40. The number of aryl methyl sites for hydroxylation is 1. The van der Waals surface area contributed by atoms with Crippen molar-refractivity contribution >= 4 is 39.5 Å². The van der Waals surface area contributed by atoms with E-state index in [9.17, 15) is 9.59 Å². The van der Waals surface area contributed by atoms with Crippen molar-refractivity contribution in [2.45, 2.75) is 6.92 Å². The van der Waals surface area contributed by atoms with Gasteiger partial charge in [0.05, 0.1) is 19.8 Å². The summed E-state index contributed by atoms with van der Waals surface area (Å²) in [5.41, 5.74) is 2.04. The predicted molar refractivity (Wildman–Crippen MR) is 132 cm³/mol. The number of hydrogen-bond acceptors (Lipinski definition) is 7. The number of fused-ring (bicyclic) bond motifs is 2. The van der Waals surface area contributed by atoms with Gasteiger partial charge in [-0.05, 0) is 66.6 Å². The molecule has 0 saturated carbocycles. The topological polar surface area (TPSA) is 88.1 Å². The summed E-state index contributed by atoms with van der Waals surface area (Å²) in [5, 5.41) is 1.92. The summed E-state index contributed by atoms with van der Waals surface area (Å²) in [6, 6.07) is 16.7. The van der Waals surface area contributed by atoms with E-state index in [2.05, 4.69) is 0 Å². The van der Waals surface area contributed by atoms with Gasteiger partial charge in [0.15, 0.2) is 11.5 Å². The van der Waals surface area contributed by atoms with E-state index in [0.717, 1.165) is 5.56 Å². The smallest absolute Gasteiger partial charge is 0.379 e. The summed E-state index contributed by atoms with van der Waals surface area (Å²) in [6.45, 7) is 1.83. The number of rotatable bonds is 5. The van der Waals surface area contributed by atoms with Crippen LogP contribution in [0.5, 0.6) is 17.2 Å². The van der Waals surface area contributed by atoms with Gasteiger partial charge in [0, 0.05) is 21.9 Å². The molecule has 0 unspecified atom stereocenters. The van der Waals surface area contributed by atoms with E-state index in [0.29, 0.717) is 49.6 Å². The second-order valence-electron chi connectivity index (χ2n) is 7.80. The van der Waals surface area contributed by atoms with Crippen molar-refractivity contribution < 1.29 is 27.8 Å². The minimum Gasteiger partial charge on any atom is -0.493 e. The lowest BCUT2D eigenvalue weighted by Gasteiger charge is -2.12. The Labute approximate surface area is 204 Å². The second-order valence-corrected chi connectivity index (χ2v) is 8.24. The van der Waals surface area contributed by atoms with Crippen LogP contribution in [0.2, 0.25) is 5.02 Å². The van der Waals surface area contributed by atoms with Gasteiger partial charge in [-0.15, -0.1) is 0 Å². The molecule has 176 valence electrons. The Hall–Kier alpha value is -4.23. The molecule has 0 aliphatic rings. The normalized spacial score (nSPS) is 11.1. The standard InChI is InChI=1S/C27H19ClO7/c1-14-19-7-6-18(33-26(29)24-12-16-10-17(28)5-9-20(16)34-24)13-22(19)35-27(30)25(14)15-4-8-21(31-2)23(11-15)32-3/h4-13H,1-3H3. The molecule has 0 aliphatic carbocycles. The summed E-state index contributed by atoms with van der Waals surface area (Å²) in [7, 11) is 3.07. The van der Waals surface area contributed by atoms with Crippen molar-refractivity contribution in [1.29, 1.82) is 0 Å². The number of carbonyl (C=O) groups excluding carboxylic acids is 1. The molecule has 5 rings (SSSR count). The summed E-state index contributed by atoms with van der Waals surface area (Å²) < 4.78 is 27.2. The minimum absolute atomic E-state index is 0.0313. The molecule has 0 N–H and O–H groups in total. The van der Waals surface area contributed by atoms with Crippen LogP contribution in [0.1, 0.15) is 16.1 Å². The molecule has 0 fully saturated rings. The number of halogens is 1. The average Bonchev–Trinajstić information content (AvgIpc) is 3.27. The molecule has 0 aliphatic heterocycles. The van der Waals surface area contributed by atoms with Crippen molar-refractivity contribution in [2.24, 2.45) is 0 Å². The van der Waals surface area contributed by atoms with Crippen LogP contribution >= 0.6 is 11.6 Å². The Kier molecular flexibility index (Phi) is 5.70. The first kappa shape index (κ1) is 22.6. The number of benzene rings is 3. The molecule has 0 radical (unpaired) electrons. The van der Waals surface area contributed by atoms with E-state index >= 15 is 0 Å². The van der Waals surface area contributed by atoms with Gasteiger partial charge in [-0.3, -0.25) is 0 Å². The van der Waals surface area contributed by atoms with Gasteiger partial charge in [0.25, 0.3) is 0 Å². The molecule has 35 heavy (non-hydrogen) atoms. The Morgan fingerprint density at radius 3 is 2.43 bits per heavy atom. The zero-order valence-electron chi connectivity index (χ0n) is 19.0. The van der Waals surface area contributed by atoms with Gasteiger partial charge in [0.1, 0.15) is 16.9 Å². The van der Waals surface area contributed by atoms with Crippen LogP contribution in [-0.2, 0) is 0 Å². The summed E-state index contributed by atoms with van der Waals surface area (Å²) in [5.74, 6) is 0.612. The van der Waals surface area contributed by atoms with Crippen LogP contribution in [0.15, 0.2) is 74.3 Å². The van der Waals surface area contributed by atoms with Gasteiger partial charge in [-0.2, -0.15) is 0 Å². The molecule has 0 spiro atoms. The first-order valence-corrected chi connectivity index (χ1v) is 11.0. The highest BCUT2D eigenvalue weighted by molar-refractivity contribution is 6.31. The maximum absolute atomic E-state index is 12.9. The third-order valence-corrected chi connectivity index (χ3v) is 5.94. The highest BCUT2D eigenvalue weighted by atomic mass is 35.5. The molecular formula is C27H19ClO7. The van der Waals surface area contributed by atoms with E-state index < -0.39 is 11.6 Å². The average molecular weight is 491 g/mol. The molecule has 8 heteroatoms. The lowest BCUT2D eigenvalue weighted by atomic mass is 9.99. The second kappa shape index (κ2) is 8.85. The van der Waals surface area contributed by atoms with Crippen molar-refractivity contribution in [1.82, 2.24) is 0 Å². The summed E-state index contributed by atoms with van der Waals surface area (Å²) in [4.78, 5) is 25.5. The molecule has 3 aromatic carbocycles. The Morgan fingerprint density at radius 2 is 1.66 bits per heavy atom. The first-order valence-electron chi connectivity index (χ1n) is 10.6. The van der Waals surface area contributed by atoms with Crippen LogP contribution in [0, 0.1) is 6.92 Å². The van der Waals surface area contributed by atoms with Crippen LogP contribution in [-0.4, -0.2) is 20.2 Å². The number of carbonyl (C=O) groups is 1. The van der Waals surface area contributed by atoms with E-state index in [1.165, 1.54) is 13.2 Å². The zero-order chi connectivity index (χ0) is 24.7.